The number of rotatable bonds is 0. The van der Waals surface area contributed by atoms with Gasteiger partial charge in [-0.1, -0.05) is 12.2 Å². The molecule has 0 fully saturated rings. The van der Waals surface area contributed by atoms with Crippen LogP contribution in [0.25, 0.3) is 0 Å². The molecule has 2 aliphatic heterocycles. The van der Waals surface area contributed by atoms with Gasteiger partial charge in [0, 0.05) is 18.4 Å². The average molecular weight is 285 g/mol. The highest BCUT2D eigenvalue weighted by Crippen LogP contribution is 2.44. The fraction of sp³-hybridized carbons (Fsp3) is 0.375. The van der Waals surface area contributed by atoms with Gasteiger partial charge in [0.15, 0.2) is 11.5 Å². The summed E-state index contributed by atoms with van der Waals surface area (Å²) in [5, 5.41) is 0. The molecule has 1 aromatic carbocycles. The van der Waals surface area contributed by atoms with E-state index < -0.39 is 0 Å². The van der Waals surface area contributed by atoms with Crippen molar-refractivity contribution in [3.63, 3.8) is 0 Å². The number of ether oxygens (including phenoxy) is 2. The topological polar surface area (TPSA) is 55.8 Å². The van der Waals surface area contributed by atoms with Crippen molar-refractivity contribution >= 4 is 11.8 Å². The van der Waals surface area contributed by atoms with Crippen LogP contribution in [0.15, 0.2) is 24.3 Å². The number of carbonyl (C=O) groups is 2. The fourth-order valence-corrected chi connectivity index (χ4v) is 3.49. The molecule has 0 spiro atoms. The van der Waals surface area contributed by atoms with Crippen LogP contribution in [0.2, 0.25) is 0 Å². The molecule has 0 N–H and O–H groups in total. The lowest BCUT2D eigenvalue weighted by Crippen LogP contribution is -2.50. The van der Waals surface area contributed by atoms with Crippen molar-refractivity contribution in [2.45, 2.75) is 31.7 Å². The molecule has 0 aromatic heterocycles. The first kappa shape index (κ1) is 12.4. The van der Waals surface area contributed by atoms with Crippen molar-refractivity contribution in [3.05, 3.63) is 35.4 Å². The van der Waals surface area contributed by atoms with Gasteiger partial charge in [0.1, 0.15) is 0 Å². The van der Waals surface area contributed by atoms with Crippen LogP contribution in [0.5, 0.6) is 11.5 Å². The molecule has 4 rings (SSSR count). The van der Waals surface area contributed by atoms with E-state index in [-0.39, 0.29) is 30.6 Å². The molecule has 5 nitrogen and oxygen atoms in total. The maximum absolute atomic E-state index is 12.7. The minimum Gasteiger partial charge on any atom is -0.454 e. The Labute approximate surface area is 122 Å². The number of nitrogens with zero attached hydrogens (tertiary/aromatic N) is 1. The number of fused-ring (bicyclic) bond motifs is 4. The van der Waals surface area contributed by atoms with E-state index in [0.29, 0.717) is 17.1 Å². The predicted octanol–water partition coefficient (Wildman–Crippen LogP) is 2.22. The molecule has 2 atom stereocenters. The Morgan fingerprint density at radius 3 is 2.81 bits per heavy atom. The van der Waals surface area contributed by atoms with Gasteiger partial charge in [0.25, 0.3) is 5.91 Å². The van der Waals surface area contributed by atoms with E-state index in [0.717, 1.165) is 18.4 Å². The normalized spacial score (nSPS) is 25.6. The van der Waals surface area contributed by atoms with Gasteiger partial charge in [-0.2, -0.15) is 0 Å². The molecular weight excluding hydrogens is 270 g/mol. The van der Waals surface area contributed by atoms with Crippen molar-refractivity contribution in [1.29, 1.82) is 0 Å². The summed E-state index contributed by atoms with van der Waals surface area (Å²) in [7, 11) is 0. The zero-order chi connectivity index (χ0) is 14.6. The SMILES string of the molecule is CC(=O)N1C(=O)c2cc3c(cc2[C@H]2C=CCC[C@@H]21)OCO3. The third-order valence-corrected chi connectivity index (χ3v) is 4.41. The molecule has 3 aliphatic rings. The summed E-state index contributed by atoms with van der Waals surface area (Å²) in [6, 6.07) is 3.50. The lowest BCUT2D eigenvalue weighted by Gasteiger charge is -2.41. The van der Waals surface area contributed by atoms with Crippen molar-refractivity contribution in [1.82, 2.24) is 4.90 Å². The Morgan fingerprint density at radius 1 is 1.29 bits per heavy atom. The second-order valence-electron chi connectivity index (χ2n) is 5.59. The summed E-state index contributed by atoms with van der Waals surface area (Å²) < 4.78 is 10.8. The fourth-order valence-electron chi connectivity index (χ4n) is 3.49. The van der Waals surface area contributed by atoms with Crippen LogP contribution in [0.1, 0.15) is 41.6 Å². The Balaban J connectivity index is 1.92. The van der Waals surface area contributed by atoms with E-state index in [1.807, 2.05) is 6.07 Å². The summed E-state index contributed by atoms with van der Waals surface area (Å²) in [5.41, 5.74) is 1.48. The maximum atomic E-state index is 12.7. The van der Waals surface area contributed by atoms with Crippen LogP contribution in [0, 0.1) is 0 Å². The quantitative estimate of drug-likeness (QED) is 0.686. The molecule has 2 amide bonds. The van der Waals surface area contributed by atoms with Gasteiger partial charge in [0.2, 0.25) is 12.7 Å². The first-order valence-electron chi connectivity index (χ1n) is 7.11. The van der Waals surface area contributed by atoms with Crippen molar-refractivity contribution in [2.24, 2.45) is 0 Å². The highest BCUT2D eigenvalue weighted by atomic mass is 16.7. The Morgan fingerprint density at radius 2 is 2.05 bits per heavy atom. The molecule has 0 bridgehead atoms. The number of hydrogen-bond donors (Lipinski definition) is 0. The monoisotopic (exact) mass is 285 g/mol. The number of amides is 2. The van der Waals surface area contributed by atoms with Crippen LogP contribution in [0.4, 0.5) is 0 Å². The first-order chi connectivity index (χ1) is 10.2. The zero-order valence-corrected chi connectivity index (χ0v) is 11.7. The van der Waals surface area contributed by atoms with Crippen LogP contribution < -0.4 is 9.47 Å². The zero-order valence-electron chi connectivity index (χ0n) is 11.7. The predicted molar refractivity (Wildman–Crippen MR) is 74.3 cm³/mol. The van der Waals surface area contributed by atoms with Crippen LogP contribution in [-0.4, -0.2) is 29.5 Å². The van der Waals surface area contributed by atoms with E-state index in [1.165, 1.54) is 11.8 Å². The smallest absolute Gasteiger partial charge is 0.261 e. The molecule has 1 aliphatic carbocycles. The number of imide groups is 1. The lowest BCUT2D eigenvalue weighted by atomic mass is 9.78. The molecule has 0 unspecified atom stereocenters. The van der Waals surface area contributed by atoms with E-state index in [1.54, 1.807) is 6.07 Å². The molecule has 21 heavy (non-hydrogen) atoms. The van der Waals surface area contributed by atoms with Crippen LogP contribution >= 0.6 is 0 Å². The van der Waals surface area contributed by atoms with Gasteiger partial charge in [-0.3, -0.25) is 14.5 Å². The van der Waals surface area contributed by atoms with Crippen molar-refractivity contribution in [2.75, 3.05) is 6.79 Å². The van der Waals surface area contributed by atoms with Gasteiger partial charge >= 0.3 is 0 Å². The van der Waals surface area contributed by atoms with Gasteiger partial charge in [-0.05, 0) is 30.5 Å². The lowest BCUT2D eigenvalue weighted by molar-refractivity contribution is -0.128. The van der Waals surface area contributed by atoms with E-state index in [2.05, 4.69) is 12.2 Å². The van der Waals surface area contributed by atoms with E-state index >= 15 is 0 Å². The second-order valence-corrected chi connectivity index (χ2v) is 5.59. The Hall–Kier alpha value is -2.30. The summed E-state index contributed by atoms with van der Waals surface area (Å²) in [5.74, 6) is 0.866. The number of carbonyl (C=O) groups excluding carboxylic acids is 2. The number of hydrogen-bond acceptors (Lipinski definition) is 4. The minimum atomic E-state index is -0.229. The number of benzene rings is 1. The molecule has 0 saturated carbocycles. The second kappa shape index (κ2) is 4.35. The summed E-state index contributed by atoms with van der Waals surface area (Å²) >= 11 is 0. The molecule has 5 heteroatoms. The van der Waals surface area contributed by atoms with E-state index in [4.69, 9.17) is 9.47 Å². The molecule has 108 valence electrons. The Kier molecular flexibility index (Phi) is 2.58. The first-order valence-corrected chi connectivity index (χ1v) is 7.11. The molecule has 0 radical (unpaired) electrons. The van der Waals surface area contributed by atoms with Gasteiger partial charge < -0.3 is 9.47 Å². The summed E-state index contributed by atoms with van der Waals surface area (Å²) in [6.07, 6.45) is 5.90. The molecule has 2 heterocycles. The van der Waals surface area contributed by atoms with Crippen molar-refractivity contribution < 1.29 is 19.1 Å². The molecule has 1 aromatic rings. The van der Waals surface area contributed by atoms with E-state index in [9.17, 15) is 9.59 Å². The van der Waals surface area contributed by atoms with Gasteiger partial charge in [-0.25, -0.2) is 0 Å². The van der Waals surface area contributed by atoms with Crippen molar-refractivity contribution in [3.8, 4) is 11.5 Å². The molecule has 0 saturated heterocycles. The minimum absolute atomic E-state index is 0.0462. The average Bonchev–Trinajstić information content (AvgIpc) is 2.93. The summed E-state index contributed by atoms with van der Waals surface area (Å²) in [4.78, 5) is 26.0. The van der Waals surface area contributed by atoms with Gasteiger partial charge in [-0.15, -0.1) is 0 Å². The third-order valence-electron chi connectivity index (χ3n) is 4.41. The third kappa shape index (κ3) is 1.70. The Bertz CT molecular complexity index is 679. The van der Waals surface area contributed by atoms with Crippen LogP contribution in [0.3, 0.4) is 0 Å². The maximum Gasteiger partial charge on any atom is 0.261 e. The standard InChI is InChI=1S/C16H15NO4/c1-9(18)17-13-5-3-2-4-10(13)11-6-14-15(21-8-20-14)7-12(11)16(17)19/h2,4,6-7,10,13H,3,5,8H2,1H3/t10-,13+/m1/s1. The van der Waals surface area contributed by atoms with Gasteiger partial charge in [0.05, 0.1) is 6.04 Å². The van der Waals surface area contributed by atoms with Crippen LogP contribution in [-0.2, 0) is 4.79 Å². The largest absolute Gasteiger partial charge is 0.454 e. The molecular formula is C16H15NO4. The highest BCUT2D eigenvalue weighted by Gasteiger charge is 2.42. The summed E-state index contributed by atoms with van der Waals surface area (Å²) in [6.45, 7) is 1.62. The number of allylic oxidation sites excluding steroid dienone is 1. The highest BCUT2D eigenvalue weighted by molar-refractivity contribution is 6.07.